The lowest BCUT2D eigenvalue weighted by Gasteiger charge is -2.26. The molecule has 1 unspecified atom stereocenters. The van der Waals surface area contributed by atoms with Gasteiger partial charge in [-0.25, -0.2) is 5.01 Å². The predicted molar refractivity (Wildman–Crippen MR) is 59.9 cm³/mol. The number of nitrogens with one attached hydrogen (secondary N) is 1. The third-order valence-electron chi connectivity index (χ3n) is 3.32. The molecule has 1 N–H and O–H groups in total. The van der Waals surface area contributed by atoms with Crippen molar-refractivity contribution in [2.75, 3.05) is 6.54 Å². The Morgan fingerprint density at radius 3 is 3.06 bits per heavy atom. The monoisotopic (exact) mass is 217 g/mol. The molecule has 2 aliphatic heterocycles. The lowest BCUT2D eigenvalue weighted by Crippen LogP contribution is -2.47. The molecule has 1 amide bonds. The molecule has 1 aromatic carbocycles. The Kier molecular flexibility index (Phi) is 2.19. The van der Waals surface area contributed by atoms with Gasteiger partial charge in [-0.15, -0.1) is 0 Å². The first-order chi connectivity index (χ1) is 7.75. The quantitative estimate of drug-likeness (QED) is 0.768. The van der Waals surface area contributed by atoms with Gasteiger partial charge in [0.25, 0.3) is 0 Å². The molecule has 84 valence electrons. The van der Waals surface area contributed by atoms with Crippen molar-refractivity contribution in [3.63, 3.8) is 0 Å². The summed E-state index contributed by atoms with van der Waals surface area (Å²) in [4.78, 5) is 11.1. The molecule has 0 saturated carbocycles. The molecule has 1 saturated heterocycles. The van der Waals surface area contributed by atoms with E-state index in [4.69, 9.17) is 0 Å². The molecule has 0 radical (unpaired) electrons. The lowest BCUT2D eigenvalue weighted by molar-refractivity contribution is -0.133. The maximum atomic E-state index is 11.1. The van der Waals surface area contributed by atoms with Gasteiger partial charge in [-0.05, 0) is 17.5 Å². The second-order valence-corrected chi connectivity index (χ2v) is 4.39. The van der Waals surface area contributed by atoms with Crippen LogP contribution in [0.15, 0.2) is 24.3 Å². The number of benzene rings is 1. The minimum Gasteiger partial charge on any atom is -0.275 e. The highest BCUT2D eigenvalue weighted by Gasteiger charge is 2.39. The van der Waals surface area contributed by atoms with E-state index in [-0.39, 0.29) is 5.91 Å². The van der Waals surface area contributed by atoms with Crippen LogP contribution in [0.4, 0.5) is 0 Å². The standard InChI is InChI=1S/C12H15N3O/c1-9(16)13-15-7-6-12-11-5-3-2-4-10(11)8-14(12)15/h2-5,12H,6-8H2,1H3,(H,13,16). The molecular formula is C12H15N3O. The number of fused-ring (bicyclic) bond motifs is 3. The Morgan fingerprint density at radius 1 is 1.44 bits per heavy atom. The van der Waals surface area contributed by atoms with E-state index < -0.39 is 0 Å². The summed E-state index contributed by atoms with van der Waals surface area (Å²) in [7, 11) is 0. The van der Waals surface area contributed by atoms with Crippen LogP contribution >= 0.6 is 0 Å². The SMILES string of the molecule is CC(=O)NN1CCC2c3ccccc3CN21. The smallest absolute Gasteiger partial charge is 0.232 e. The van der Waals surface area contributed by atoms with E-state index in [1.165, 1.54) is 11.1 Å². The summed E-state index contributed by atoms with van der Waals surface area (Å²) >= 11 is 0. The highest BCUT2D eigenvalue weighted by Crippen LogP contribution is 2.40. The van der Waals surface area contributed by atoms with Gasteiger partial charge < -0.3 is 0 Å². The van der Waals surface area contributed by atoms with E-state index in [1.807, 2.05) is 5.12 Å². The zero-order valence-electron chi connectivity index (χ0n) is 9.31. The van der Waals surface area contributed by atoms with Crippen LogP contribution in [0, 0.1) is 0 Å². The number of nitrogens with zero attached hydrogens (tertiary/aromatic N) is 2. The Labute approximate surface area is 94.8 Å². The molecule has 16 heavy (non-hydrogen) atoms. The number of amides is 1. The molecule has 0 bridgehead atoms. The number of carbonyl (C=O) groups is 1. The van der Waals surface area contributed by atoms with Gasteiger partial charge in [0.1, 0.15) is 0 Å². The second-order valence-electron chi connectivity index (χ2n) is 4.39. The molecule has 0 aromatic heterocycles. The van der Waals surface area contributed by atoms with Gasteiger partial charge in [-0.1, -0.05) is 24.3 Å². The van der Waals surface area contributed by atoms with Crippen LogP contribution < -0.4 is 5.43 Å². The van der Waals surface area contributed by atoms with E-state index in [1.54, 1.807) is 6.92 Å². The van der Waals surface area contributed by atoms with E-state index >= 15 is 0 Å². The molecule has 4 heteroatoms. The summed E-state index contributed by atoms with van der Waals surface area (Å²) in [5.41, 5.74) is 5.66. The highest BCUT2D eigenvalue weighted by molar-refractivity contribution is 5.72. The number of hydrogen-bond donors (Lipinski definition) is 1. The van der Waals surface area contributed by atoms with Crippen LogP contribution in [0.2, 0.25) is 0 Å². The van der Waals surface area contributed by atoms with Crippen molar-refractivity contribution < 1.29 is 4.79 Å². The molecule has 2 aliphatic rings. The number of carbonyl (C=O) groups excluding carboxylic acids is 1. The minimum atomic E-state index is -0.00314. The Hall–Kier alpha value is -1.39. The molecule has 0 aliphatic carbocycles. The van der Waals surface area contributed by atoms with E-state index in [2.05, 4.69) is 34.7 Å². The van der Waals surface area contributed by atoms with Crippen LogP contribution in [0.1, 0.15) is 30.5 Å². The number of rotatable bonds is 1. The zero-order chi connectivity index (χ0) is 11.1. The molecule has 3 rings (SSSR count). The normalized spacial score (nSPS) is 24.2. The fourth-order valence-electron chi connectivity index (χ4n) is 2.68. The first kappa shape index (κ1) is 9.81. The summed E-state index contributed by atoms with van der Waals surface area (Å²) in [5.74, 6) is -0.00314. The van der Waals surface area contributed by atoms with Crippen molar-refractivity contribution in [2.24, 2.45) is 0 Å². The third kappa shape index (κ3) is 1.42. The van der Waals surface area contributed by atoms with Crippen LogP contribution in [0.5, 0.6) is 0 Å². The van der Waals surface area contributed by atoms with Crippen molar-refractivity contribution in [3.05, 3.63) is 35.4 Å². The van der Waals surface area contributed by atoms with Crippen LogP contribution in [0.25, 0.3) is 0 Å². The fourth-order valence-corrected chi connectivity index (χ4v) is 2.68. The van der Waals surface area contributed by atoms with E-state index in [0.29, 0.717) is 6.04 Å². The predicted octanol–water partition coefficient (Wildman–Crippen LogP) is 1.22. The topological polar surface area (TPSA) is 35.6 Å². The van der Waals surface area contributed by atoms with Crippen LogP contribution in [-0.4, -0.2) is 22.6 Å². The average molecular weight is 217 g/mol. The number of hydrazine groups is 2. The highest BCUT2D eigenvalue weighted by atomic mass is 16.2. The fraction of sp³-hybridized carbons (Fsp3) is 0.417. The van der Waals surface area contributed by atoms with Crippen molar-refractivity contribution >= 4 is 5.91 Å². The van der Waals surface area contributed by atoms with Gasteiger partial charge in [0.05, 0.1) is 6.04 Å². The van der Waals surface area contributed by atoms with E-state index in [9.17, 15) is 4.79 Å². The van der Waals surface area contributed by atoms with Gasteiger partial charge in [0.2, 0.25) is 5.91 Å². The summed E-state index contributed by atoms with van der Waals surface area (Å²) in [5, 5.41) is 4.19. The van der Waals surface area contributed by atoms with E-state index in [0.717, 1.165) is 19.5 Å². The third-order valence-corrected chi connectivity index (χ3v) is 3.32. The summed E-state index contributed by atoms with van der Waals surface area (Å²) < 4.78 is 0. The largest absolute Gasteiger partial charge is 0.275 e. The molecule has 1 fully saturated rings. The maximum absolute atomic E-state index is 11.1. The molecule has 1 atom stereocenters. The average Bonchev–Trinajstić information content (AvgIpc) is 2.78. The Balaban J connectivity index is 1.85. The van der Waals surface area contributed by atoms with Gasteiger partial charge in [0, 0.05) is 20.0 Å². The molecule has 0 spiro atoms. The van der Waals surface area contributed by atoms with Crippen LogP contribution in [0.3, 0.4) is 0 Å². The summed E-state index contributed by atoms with van der Waals surface area (Å²) in [6.07, 6.45) is 1.08. The first-order valence-electron chi connectivity index (χ1n) is 5.65. The summed E-state index contributed by atoms with van der Waals surface area (Å²) in [6.45, 7) is 3.36. The number of hydrogen-bond acceptors (Lipinski definition) is 3. The van der Waals surface area contributed by atoms with Gasteiger partial charge in [0.15, 0.2) is 0 Å². The molecular weight excluding hydrogens is 202 g/mol. The van der Waals surface area contributed by atoms with Gasteiger partial charge >= 0.3 is 0 Å². The second kappa shape index (κ2) is 3.57. The zero-order valence-corrected chi connectivity index (χ0v) is 9.31. The molecule has 2 heterocycles. The molecule has 4 nitrogen and oxygen atoms in total. The first-order valence-corrected chi connectivity index (χ1v) is 5.65. The minimum absolute atomic E-state index is 0.00314. The van der Waals surface area contributed by atoms with Crippen molar-refractivity contribution in [1.82, 2.24) is 15.6 Å². The molecule has 1 aromatic rings. The van der Waals surface area contributed by atoms with Crippen molar-refractivity contribution in [1.29, 1.82) is 0 Å². The van der Waals surface area contributed by atoms with Gasteiger partial charge in [-0.3, -0.25) is 10.2 Å². The lowest BCUT2D eigenvalue weighted by atomic mass is 10.0. The summed E-state index contributed by atoms with van der Waals surface area (Å²) in [6, 6.07) is 8.97. The Morgan fingerprint density at radius 2 is 2.25 bits per heavy atom. The van der Waals surface area contributed by atoms with Crippen molar-refractivity contribution in [2.45, 2.75) is 25.9 Å². The van der Waals surface area contributed by atoms with Crippen LogP contribution in [-0.2, 0) is 11.3 Å². The maximum Gasteiger partial charge on any atom is 0.232 e. The Bertz CT molecular complexity index is 432. The van der Waals surface area contributed by atoms with Crippen molar-refractivity contribution in [3.8, 4) is 0 Å². The van der Waals surface area contributed by atoms with Gasteiger partial charge in [-0.2, -0.15) is 5.12 Å².